The minimum atomic E-state index is 0.750. The first-order valence-electron chi connectivity index (χ1n) is 3.98. The fourth-order valence-corrected chi connectivity index (χ4v) is 0.859. The average molecular weight is 172 g/mol. The monoisotopic (exact) mass is 172 g/mol. The summed E-state index contributed by atoms with van der Waals surface area (Å²) in [4.78, 5) is 0. The van der Waals surface area contributed by atoms with E-state index in [1.165, 1.54) is 0 Å². The highest BCUT2D eigenvalue weighted by Crippen LogP contribution is 1.67. The second-order valence-corrected chi connectivity index (χ2v) is 3.13. The number of nitrogens with zero attached hydrogens (tertiary/aromatic N) is 5. The van der Waals surface area contributed by atoms with Gasteiger partial charge in [0.2, 0.25) is 0 Å². The molecule has 0 amide bonds. The van der Waals surface area contributed by atoms with Gasteiger partial charge in [-0.25, -0.2) is 10.4 Å². The average Bonchev–Trinajstić information content (AvgIpc) is 2.36. The van der Waals surface area contributed by atoms with Gasteiger partial charge in [0.05, 0.1) is 12.1 Å². The molecule has 70 valence electrons. The molecule has 0 aliphatic carbocycles. The number of nitrogens with two attached hydrogens (primary N) is 1. The lowest BCUT2D eigenvalue weighted by atomic mass is 10.3. The Morgan fingerprint density at radius 2 is 1.33 bits per heavy atom. The maximum Gasteiger partial charge on any atom is 0.0803 e. The van der Waals surface area contributed by atoms with Gasteiger partial charge in [0.15, 0.2) is 0 Å². The smallest absolute Gasteiger partial charge is 0.0803 e. The zero-order valence-electron chi connectivity index (χ0n) is 7.97. The fourth-order valence-electron chi connectivity index (χ4n) is 0.859. The molecule has 1 heterocycles. The van der Waals surface area contributed by atoms with Crippen LogP contribution in [0.2, 0.25) is 0 Å². The summed E-state index contributed by atoms with van der Waals surface area (Å²) in [6.07, 6.45) is 0. The van der Waals surface area contributed by atoms with Crippen molar-refractivity contribution < 1.29 is 5.32 Å². The molecule has 0 unspecified atom stereocenters. The molecule has 0 spiro atoms. The van der Waals surface area contributed by atoms with E-state index in [4.69, 9.17) is 0 Å². The van der Waals surface area contributed by atoms with Gasteiger partial charge in [-0.1, -0.05) is 0 Å². The molecule has 0 saturated carbocycles. The zero-order chi connectivity index (χ0) is 9.40. The van der Waals surface area contributed by atoms with Crippen LogP contribution in [0.5, 0.6) is 0 Å². The maximum absolute atomic E-state index is 3.00. The standard InChI is InChI=1S/C6H15N.N5/c1-5(2)7-6(3)4;1-2-4-5-3-1/h5-7H,1-4H3;/q;-1/p+1. The third-order valence-corrected chi connectivity index (χ3v) is 0.970. The van der Waals surface area contributed by atoms with Crippen molar-refractivity contribution in [3.05, 3.63) is 0 Å². The minimum Gasteiger partial charge on any atom is -0.342 e. The van der Waals surface area contributed by atoms with E-state index in [1.807, 2.05) is 0 Å². The molecule has 12 heavy (non-hydrogen) atoms. The van der Waals surface area contributed by atoms with E-state index in [2.05, 4.69) is 59.1 Å². The van der Waals surface area contributed by atoms with Crippen molar-refractivity contribution in [2.45, 2.75) is 39.8 Å². The molecule has 2 N–H and O–H groups in total. The van der Waals surface area contributed by atoms with E-state index in [-0.39, 0.29) is 0 Å². The summed E-state index contributed by atoms with van der Waals surface area (Å²) in [6, 6.07) is 1.50. The summed E-state index contributed by atoms with van der Waals surface area (Å²) in [5.41, 5.74) is 0. The van der Waals surface area contributed by atoms with Gasteiger partial charge in [0.25, 0.3) is 0 Å². The van der Waals surface area contributed by atoms with Gasteiger partial charge in [-0.3, -0.25) is 0 Å². The van der Waals surface area contributed by atoms with Crippen LogP contribution in [-0.2, 0) is 0 Å². The quantitative estimate of drug-likeness (QED) is 0.592. The number of rotatable bonds is 2. The molecule has 0 atom stereocenters. The first-order valence-corrected chi connectivity index (χ1v) is 3.98. The Balaban J connectivity index is 0.000000211. The normalized spacial score (nSPS) is 9.83. The molecule has 0 saturated heterocycles. The molecule has 0 aliphatic heterocycles. The lowest BCUT2D eigenvalue weighted by Crippen LogP contribution is -2.92. The topological polar surface area (TPSA) is 82.3 Å². The van der Waals surface area contributed by atoms with Gasteiger partial charge in [-0.2, -0.15) is 15.6 Å². The van der Waals surface area contributed by atoms with Crippen LogP contribution in [0.3, 0.4) is 0 Å². The van der Waals surface area contributed by atoms with Crippen LogP contribution in [0.25, 0.3) is 0 Å². The van der Waals surface area contributed by atoms with Crippen LogP contribution < -0.4 is 10.5 Å². The summed E-state index contributed by atoms with van der Waals surface area (Å²) >= 11 is 0. The van der Waals surface area contributed by atoms with Gasteiger partial charge < -0.3 is 5.32 Å². The third kappa shape index (κ3) is 8.96. The predicted molar refractivity (Wildman–Crippen MR) is 43.1 cm³/mol. The van der Waals surface area contributed by atoms with Crippen LogP contribution >= 0.6 is 0 Å². The Morgan fingerprint density at radius 1 is 0.917 bits per heavy atom. The van der Waals surface area contributed by atoms with Crippen LogP contribution in [0.1, 0.15) is 27.7 Å². The van der Waals surface area contributed by atoms with Crippen molar-refractivity contribution in [2.24, 2.45) is 0 Å². The van der Waals surface area contributed by atoms with Crippen molar-refractivity contribution in [3.8, 4) is 0 Å². The van der Waals surface area contributed by atoms with Gasteiger partial charge in [0, 0.05) is 0 Å². The molecular formula is C6H16N6. The Labute approximate surface area is 72.1 Å². The molecule has 0 aliphatic rings. The highest BCUT2D eigenvalue weighted by Gasteiger charge is 1.96. The first-order chi connectivity index (χ1) is 5.63. The number of hydrogen-bond acceptors (Lipinski definition) is 4. The molecule has 0 aromatic carbocycles. The van der Waals surface area contributed by atoms with E-state index in [9.17, 15) is 0 Å². The summed E-state index contributed by atoms with van der Waals surface area (Å²) in [5, 5.41) is 17.3. The van der Waals surface area contributed by atoms with E-state index in [0.29, 0.717) is 0 Å². The Hall–Kier alpha value is -1.04. The second-order valence-electron chi connectivity index (χ2n) is 3.13. The summed E-state index contributed by atoms with van der Waals surface area (Å²) in [5.74, 6) is 0. The van der Waals surface area contributed by atoms with Gasteiger partial charge in [0.1, 0.15) is 0 Å². The molecule has 6 nitrogen and oxygen atoms in total. The molecular weight excluding hydrogens is 156 g/mol. The highest BCUT2D eigenvalue weighted by atomic mass is 15.6. The largest absolute Gasteiger partial charge is 0.342 e. The minimum absolute atomic E-state index is 0.750. The molecule has 6 heteroatoms. The van der Waals surface area contributed by atoms with Crippen LogP contribution in [0.4, 0.5) is 0 Å². The SMILES string of the molecule is CC(C)[NH2+]C(C)C.n1nn[n-]n1. The zero-order valence-corrected chi connectivity index (χ0v) is 7.97. The molecule has 1 rings (SSSR count). The van der Waals surface area contributed by atoms with Gasteiger partial charge >= 0.3 is 0 Å². The van der Waals surface area contributed by atoms with Crippen molar-refractivity contribution in [1.82, 2.24) is 26.1 Å². The summed E-state index contributed by atoms with van der Waals surface area (Å²) < 4.78 is 0. The maximum atomic E-state index is 3.00. The first kappa shape index (κ1) is 11.0. The van der Waals surface area contributed by atoms with E-state index in [1.54, 1.807) is 0 Å². The molecule has 0 bridgehead atoms. The molecule has 1 aromatic rings. The molecule has 0 radical (unpaired) electrons. The summed E-state index contributed by atoms with van der Waals surface area (Å²) in [7, 11) is 0. The van der Waals surface area contributed by atoms with E-state index >= 15 is 0 Å². The third-order valence-electron chi connectivity index (χ3n) is 0.970. The lowest BCUT2D eigenvalue weighted by molar-refractivity contribution is -0.709. The van der Waals surface area contributed by atoms with Crippen LogP contribution in [0.15, 0.2) is 0 Å². The number of quaternary nitrogens is 1. The van der Waals surface area contributed by atoms with Gasteiger partial charge in [-0.05, 0) is 27.7 Å². The van der Waals surface area contributed by atoms with Crippen LogP contribution in [-0.4, -0.2) is 32.9 Å². The van der Waals surface area contributed by atoms with Crippen molar-refractivity contribution in [1.29, 1.82) is 0 Å². The van der Waals surface area contributed by atoms with Crippen molar-refractivity contribution in [3.63, 3.8) is 0 Å². The Morgan fingerprint density at radius 3 is 1.42 bits per heavy atom. The van der Waals surface area contributed by atoms with Crippen LogP contribution in [0, 0.1) is 0 Å². The summed E-state index contributed by atoms with van der Waals surface area (Å²) in [6.45, 7) is 8.83. The lowest BCUT2D eigenvalue weighted by Gasteiger charge is -2.06. The predicted octanol–water partition coefficient (Wildman–Crippen LogP) is -1.41. The second kappa shape index (κ2) is 6.66. The van der Waals surface area contributed by atoms with Gasteiger partial charge in [-0.15, -0.1) is 0 Å². The molecule has 0 fully saturated rings. The fraction of sp³-hybridized carbons (Fsp3) is 1.00. The van der Waals surface area contributed by atoms with Crippen molar-refractivity contribution >= 4 is 0 Å². The van der Waals surface area contributed by atoms with Crippen molar-refractivity contribution in [2.75, 3.05) is 0 Å². The number of aromatic nitrogens is 5. The molecule has 1 aromatic heterocycles. The Kier molecular flexibility index (Phi) is 6.08. The highest BCUT2D eigenvalue weighted by molar-refractivity contribution is 4.31. The Bertz CT molecular complexity index is 135. The van der Waals surface area contributed by atoms with E-state index < -0.39 is 0 Å². The number of hydrogen-bond donors (Lipinski definition) is 1. The van der Waals surface area contributed by atoms with E-state index in [0.717, 1.165) is 12.1 Å².